The van der Waals surface area contributed by atoms with Gasteiger partial charge in [0.15, 0.2) is 0 Å². The number of hydrazine groups is 1. The number of allylic oxidation sites excluding steroid dienone is 2. The molecule has 0 saturated carbocycles. The van der Waals surface area contributed by atoms with Crippen LogP contribution < -0.4 is 0 Å². The number of fused-ring (bicyclic) bond motifs is 3. The molecule has 0 aromatic rings. The first-order chi connectivity index (χ1) is 11.0. The molecule has 2 heterocycles. The van der Waals surface area contributed by atoms with Crippen LogP contribution >= 0.6 is 0 Å². The number of ether oxygens (including phenoxy) is 2. The van der Waals surface area contributed by atoms with Crippen LogP contribution in [-0.2, 0) is 28.7 Å². The summed E-state index contributed by atoms with van der Waals surface area (Å²) >= 11 is 0. The van der Waals surface area contributed by atoms with Crippen LogP contribution in [0.15, 0.2) is 24.3 Å². The maximum atomic E-state index is 12.8. The van der Waals surface area contributed by atoms with E-state index in [2.05, 4.69) is 4.74 Å². The second-order valence-electron chi connectivity index (χ2n) is 5.19. The van der Waals surface area contributed by atoms with Gasteiger partial charge in [-0.25, -0.2) is 14.4 Å². The summed E-state index contributed by atoms with van der Waals surface area (Å²) in [4.78, 5) is 42.5. The zero-order valence-electron chi connectivity index (χ0n) is 12.4. The number of Topliss-reactive ketones (excluding diaryl/α,β-unsaturated/α-hetero) is 1. The van der Waals surface area contributed by atoms with Crippen molar-refractivity contribution in [2.45, 2.75) is 18.1 Å². The molecular weight excluding hydrogens is 308 g/mol. The van der Waals surface area contributed by atoms with E-state index in [1.165, 1.54) is 0 Å². The third-order valence-corrected chi connectivity index (χ3v) is 4.15. The number of hydroxylamine groups is 1. The number of carbonyl (C=O) groups excluding carboxylic acids is 3. The SMILES string of the molecule is COC(=O)C1=[N+]([O-])N2O[C@@H]3CC=CC=C[C@@H]3C2(C(=O)OC)C1=O. The average Bonchev–Trinajstić information content (AvgIpc) is 2.85. The van der Waals surface area contributed by atoms with Crippen molar-refractivity contribution in [1.29, 1.82) is 0 Å². The summed E-state index contributed by atoms with van der Waals surface area (Å²) in [6.07, 6.45) is 6.57. The maximum Gasteiger partial charge on any atom is 0.411 e. The summed E-state index contributed by atoms with van der Waals surface area (Å²) in [7, 11) is 2.13. The van der Waals surface area contributed by atoms with Crippen LogP contribution in [0.4, 0.5) is 0 Å². The van der Waals surface area contributed by atoms with E-state index in [1.54, 1.807) is 24.3 Å². The molecule has 3 atom stereocenters. The van der Waals surface area contributed by atoms with Gasteiger partial charge in [0, 0.05) is 0 Å². The molecule has 0 radical (unpaired) electrons. The van der Waals surface area contributed by atoms with Gasteiger partial charge < -0.3 is 14.7 Å². The molecule has 9 heteroatoms. The number of nitrogens with zero attached hydrogens (tertiary/aromatic N) is 2. The average molecular weight is 322 g/mol. The third-order valence-electron chi connectivity index (χ3n) is 4.15. The van der Waals surface area contributed by atoms with Crippen LogP contribution in [0, 0.1) is 11.1 Å². The van der Waals surface area contributed by atoms with E-state index >= 15 is 0 Å². The first-order valence-electron chi connectivity index (χ1n) is 6.86. The predicted molar refractivity (Wildman–Crippen MR) is 73.5 cm³/mol. The highest BCUT2D eigenvalue weighted by molar-refractivity contribution is 6.66. The Labute approximate surface area is 130 Å². The lowest BCUT2D eigenvalue weighted by Gasteiger charge is -2.25. The van der Waals surface area contributed by atoms with Crippen molar-refractivity contribution in [1.82, 2.24) is 5.17 Å². The Hall–Kier alpha value is -2.68. The molecule has 3 aliphatic rings. The van der Waals surface area contributed by atoms with Crippen molar-refractivity contribution in [3.63, 3.8) is 0 Å². The second kappa shape index (κ2) is 5.20. The monoisotopic (exact) mass is 322 g/mol. The van der Waals surface area contributed by atoms with Gasteiger partial charge in [0.05, 0.1) is 20.1 Å². The zero-order chi connectivity index (χ0) is 16.8. The van der Waals surface area contributed by atoms with Crippen molar-refractivity contribution in [3.05, 3.63) is 29.5 Å². The van der Waals surface area contributed by atoms with Gasteiger partial charge in [-0.1, -0.05) is 24.3 Å². The van der Waals surface area contributed by atoms with Gasteiger partial charge >= 0.3 is 17.7 Å². The lowest BCUT2D eigenvalue weighted by Crippen LogP contribution is -2.58. The number of ketones is 1. The van der Waals surface area contributed by atoms with E-state index in [1.807, 2.05) is 0 Å². The highest BCUT2D eigenvalue weighted by atomic mass is 16.8. The Morgan fingerprint density at radius 1 is 1.39 bits per heavy atom. The summed E-state index contributed by atoms with van der Waals surface area (Å²) in [6, 6.07) is 0. The van der Waals surface area contributed by atoms with Crippen LogP contribution in [0.25, 0.3) is 0 Å². The van der Waals surface area contributed by atoms with Crippen LogP contribution in [0.3, 0.4) is 0 Å². The van der Waals surface area contributed by atoms with Gasteiger partial charge in [-0.15, -0.1) is 0 Å². The number of hydrazone groups is 1. The first kappa shape index (κ1) is 15.2. The summed E-state index contributed by atoms with van der Waals surface area (Å²) in [5.41, 5.74) is -2.88. The fourth-order valence-corrected chi connectivity index (χ4v) is 3.11. The molecule has 0 aromatic carbocycles. The molecule has 1 saturated heterocycles. The molecule has 0 N–H and O–H groups in total. The third kappa shape index (κ3) is 1.76. The van der Waals surface area contributed by atoms with Crippen molar-refractivity contribution < 1.29 is 33.5 Å². The van der Waals surface area contributed by atoms with Gasteiger partial charge in [0.1, 0.15) is 6.10 Å². The molecule has 0 aromatic heterocycles. The molecule has 0 spiro atoms. The molecule has 122 valence electrons. The topological polar surface area (TPSA) is 108 Å². The number of hydrogen-bond donors (Lipinski definition) is 0. The van der Waals surface area contributed by atoms with E-state index in [9.17, 15) is 19.6 Å². The van der Waals surface area contributed by atoms with E-state index in [0.717, 1.165) is 14.2 Å². The van der Waals surface area contributed by atoms with Crippen LogP contribution in [0.1, 0.15) is 6.42 Å². The van der Waals surface area contributed by atoms with Crippen LogP contribution in [-0.4, -0.2) is 59.3 Å². The Kier molecular flexibility index (Phi) is 3.44. The molecule has 1 unspecified atom stereocenters. The minimum atomic E-state index is -2.06. The molecule has 3 rings (SSSR count). The number of carbonyl (C=O) groups is 3. The van der Waals surface area contributed by atoms with E-state index in [0.29, 0.717) is 11.6 Å². The maximum absolute atomic E-state index is 12.8. The van der Waals surface area contributed by atoms with Crippen molar-refractivity contribution >= 4 is 23.4 Å². The quantitative estimate of drug-likeness (QED) is 0.283. The van der Waals surface area contributed by atoms with Gasteiger partial charge in [-0.05, 0) is 16.4 Å². The lowest BCUT2D eigenvalue weighted by atomic mass is 9.77. The smallest absolute Gasteiger partial charge is 0.411 e. The Bertz CT molecular complexity index is 681. The molecule has 23 heavy (non-hydrogen) atoms. The second-order valence-corrected chi connectivity index (χ2v) is 5.19. The highest BCUT2D eigenvalue weighted by Crippen LogP contribution is 2.45. The molecule has 1 aliphatic carbocycles. The lowest BCUT2D eigenvalue weighted by molar-refractivity contribution is -0.715. The Balaban J connectivity index is 2.17. The molecular formula is C14H14N2O7. The minimum absolute atomic E-state index is 0.0305. The van der Waals surface area contributed by atoms with E-state index in [4.69, 9.17) is 9.57 Å². The number of rotatable bonds is 2. The molecule has 9 nitrogen and oxygen atoms in total. The summed E-state index contributed by atoms with van der Waals surface area (Å²) in [6.45, 7) is 0. The van der Waals surface area contributed by atoms with Crippen LogP contribution in [0.5, 0.6) is 0 Å². The molecule has 0 bridgehead atoms. The van der Waals surface area contributed by atoms with Gasteiger partial charge in [-0.3, -0.25) is 4.79 Å². The highest BCUT2D eigenvalue weighted by Gasteiger charge is 2.76. The Morgan fingerprint density at radius 3 is 2.78 bits per heavy atom. The fraction of sp³-hybridized carbons (Fsp3) is 0.429. The number of hydrogen-bond acceptors (Lipinski definition) is 8. The molecule has 2 aliphatic heterocycles. The van der Waals surface area contributed by atoms with Crippen molar-refractivity contribution in [2.75, 3.05) is 14.2 Å². The fourth-order valence-electron chi connectivity index (χ4n) is 3.11. The van der Waals surface area contributed by atoms with Crippen molar-refractivity contribution in [2.24, 2.45) is 5.92 Å². The van der Waals surface area contributed by atoms with Crippen LogP contribution in [0.2, 0.25) is 0 Å². The van der Waals surface area contributed by atoms with Gasteiger partial charge in [-0.2, -0.15) is 0 Å². The van der Waals surface area contributed by atoms with E-state index < -0.39 is 41.0 Å². The minimum Gasteiger partial charge on any atom is -0.594 e. The molecule has 0 amide bonds. The number of esters is 2. The summed E-state index contributed by atoms with van der Waals surface area (Å²) in [5.74, 6) is -3.89. The summed E-state index contributed by atoms with van der Waals surface area (Å²) in [5, 5.41) is 13.0. The van der Waals surface area contributed by atoms with Gasteiger partial charge in [0.2, 0.25) is 0 Å². The Morgan fingerprint density at radius 2 is 2.13 bits per heavy atom. The summed E-state index contributed by atoms with van der Waals surface area (Å²) < 4.78 is 9.20. The number of methoxy groups -OCH3 is 2. The van der Waals surface area contributed by atoms with Crippen molar-refractivity contribution in [3.8, 4) is 0 Å². The molecule has 1 fully saturated rings. The first-order valence-corrected chi connectivity index (χ1v) is 6.86. The largest absolute Gasteiger partial charge is 0.594 e. The normalized spacial score (nSPS) is 31.7. The predicted octanol–water partition coefficient (Wildman–Crippen LogP) is -0.732. The zero-order valence-corrected chi connectivity index (χ0v) is 12.4. The van der Waals surface area contributed by atoms with Gasteiger partial charge in [0.25, 0.3) is 11.3 Å². The van der Waals surface area contributed by atoms with E-state index in [-0.39, 0.29) is 4.85 Å². The standard InChI is InChI=1S/C14H14N2O7/c1-21-12(18)10-11(17)14(13(19)22-2)8-6-4-3-5-7-9(8)23-16(14)15(10)20/h3-6,8-9H,7H2,1-2H3/t8-,9+,14?/m0/s1.